The highest BCUT2D eigenvalue weighted by Crippen LogP contribution is 2.35. The molecule has 2 amide bonds. The lowest BCUT2D eigenvalue weighted by molar-refractivity contribution is -0.133. The van der Waals surface area contributed by atoms with E-state index in [0.717, 1.165) is 6.42 Å². The summed E-state index contributed by atoms with van der Waals surface area (Å²) in [6.07, 6.45) is 1.91. The summed E-state index contributed by atoms with van der Waals surface area (Å²) < 4.78 is 5.35. The van der Waals surface area contributed by atoms with Crippen LogP contribution in [0.2, 0.25) is 0 Å². The SMILES string of the molecule is CCC1(C(=O)NC)CCN(C(=O)OC(C)(C)C)CC1. The number of ether oxygens (including phenoxy) is 1. The van der Waals surface area contributed by atoms with Gasteiger partial charge >= 0.3 is 6.09 Å². The van der Waals surface area contributed by atoms with Crippen LogP contribution in [0.1, 0.15) is 47.0 Å². The molecule has 0 radical (unpaired) electrons. The number of carbonyl (C=O) groups is 2. The molecule has 0 aromatic heterocycles. The molecule has 0 aromatic carbocycles. The third kappa shape index (κ3) is 3.85. The number of hydrogen-bond donors (Lipinski definition) is 1. The second kappa shape index (κ2) is 5.80. The lowest BCUT2D eigenvalue weighted by atomic mass is 9.75. The Morgan fingerprint density at radius 3 is 2.16 bits per heavy atom. The highest BCUT2D eigenvalue weighted by Gasteiger charge is 2.40. The highest BCUT2D eigenvalue weighted by atomic mass is 16.6. The van der Waals surface area contributed by atoms with Crippen molar-refractivity contribution >= 4 is 12.0 Å². The predicted molar refractivity (Wildman–Crippen MR) is 73.8 cm³/mol. The van der Waals surface area contributed by atoms with Gasteiger partial charge in [-0.1, -0.05) is 6.92 Å². The molecule has 0 saturated carbocycles. The number of nitrogens with one attached hydrogen (secondary N) is 1. The molecule has 1 heterocycles. The molecule has 1 aliphatic heterocycles. The van der Waals surface area contributed by atoms with Crippen LogP contribution in [0.4, 0.5) is 4.79 Å². The van der Waals surface area contributed by atoms with Crippen LogP contribution in [0.25, 0.3) is 0 Å². The van der Waals surface area contributed by atoms with Crippen molar-refractivity contribution in [3.05, 3.63) is 0 Å². The van der Waals surface area contributed by atoms with Gasteiger partial charge in [0.1, 0.15) is 5.60 Å². The first-order chi connectivity index (χ1) is 8.74. The van der Waals surface area contributed by atoms with Crippen molar-refractivity contribution in [3.63, 3.8) is 0 Å². The van der Waals surface area contributed by atoms with Gasteiger partial charge in [-0.2, -0.15) is 0 Å². The molecule has 0 bridgehead atoms. The molecule has 1 saturated heterocycles. The van der Waals surface area contributed by atoms with E-state index in [0.29, 0.717) is 25.9 Å². The number of rotatable bonds is 2. The van der Waals surface area contributed by atoms with Gasteiger partial charge < -0.3 is 15.0 Å². The first kappa shape index (κ1) is 15.8. The first-order valence-corrected chi connectivity index (χ1v) is 6.94. The molecule has 110 valence electrons. The van der Waals surface area contributed by atoms with Crippen LogP contribution < -0.4 is 5.32 Å². The van der Waals surface area contributed by atoms with Crippen LogP contribution in [-0.4, -0.2) is 42.6 Å². The average Bonchev–Trinajstić information content (AvgIpc) is 2.35. The summed E-state index contributed by atoms with van der Waals surface area (Å²) in [4.78, 5) is 25.6. The molecule has 0 aromatic rings. The topological polar surface area (TPSA) is 58.6 Å². The van der Waals surface area contributed by atoms with Gasteiger partial charge in [0.05, 0.1) is 5.41 Å². The number of nitrogens with zero attached hydrogens (tertiary/aromatic N) is 1. The Morgan fingerprint density at radius 2 is 1.79 bits per heavy atom. The van der Waals surface area contributed by atoms with Gasteiger partial charge in [0, 0.05) is 20.1 Å². The summed E-state index contributed by atoms with van der Waals surface area (Å²) in [5.74, 6) is 0.0823. The van der Waals surface area contributed by atoms with E-state index in [9.17, 15) is 9.59 Å². The molecule has 5 nitrogen and oxygen atoms in total. The molecular weight excluding hydrogens is 244 g/mol. The number of amides is 2. The van der Waals surface area contributed by atoms with E-state index in [2.05, 4.69) is 5.32 Å². The fourth-order valence-corrected chi connectivity index (χ4v) is 2.45. The zero-order valence-electron chi connectivity index (χ0n) is 12.7. The van der Waals surface area contributed by atoms with E-state index in [1.165, 1.54) is 0 Å². The van der Waals surface area contributed by atoms with Gasteiger partial charge in [-0.05, 0) is 40.0 Å². The summed E-state index contributed by atoms with van der Waals surface area (Å²) in [6, 6.07) is 0. The predicted octanol–water partition coefficient (Wildman–Crippen LogP) is 2.16. The van der Waals surface area contributed by atoms with Crippen molar-refractivity contribution in [1.82, 2.24) is 10.2 Å². The molecular formula is C14H26N2O3. The van der Waals surface area contributed by atoms with E-state index in [4.69, 9.17) is 4.74 Å². The largest absolute Gasteiger partial charge is 0.444 e. The second-order valence-corrected chi connectivity index (χ2v) is 6.18. The summed E-state index contributed by atoms with van der Waals surface area (Å²) in [7, 11) is 1.67. The van der Waals surface area contributed by atoms with Crippen LogP contribution in [0, 0.1) is 5.41 Å². The second-order valence-electron chi connectivity index (χ2n) is 6.18. The van der Waals surface area contributed by atoms with Crippen molar-refractivity contribution < 1.29 is 14.3 Å². The smallest absolute Gasteiger partial charge is 0.410 e. The van der Waals surface area contributed by atoms with E-state index >= 15 is 0 Å². The van der Waals surface area contributed by atoms with Crippen LogP contribution in [-0.2, 0) is 9.53 Å². The van der Waals surface area contributed by atoms with Crippen molar-refractivity contribution in [2.75, 3.05) is 20.1 Å². The average molecular weight is 270 g/mol. The molecule has 1 aliphatic rings. The molecule has 1 fully saturated rings. The van der Waals surface area contributed by atoms with Gasteiger partial charge in [-0.3, -0.25) is 4.79 Å². The van der Waals surface area contributed by atoms with Gasteiger partial charge in [0.15, 0.2) is 0 Å². The standard InChI is InChI=1S/C14H26N2O3/c1-6-14(11(17)15-5)7-9-16(10-8-14)12(18)19-13(2,3)4/h6-10H2,1-5H3,(H,15,17). The summed E-state index contributed by atoms with van der Waals surface area (Å²) in [5.41, 5.74) is -0.801. The minimum atomic E-state index is -0.475. The Hall–Kier alpha value is -1.26. The zero-order chi connectivity index (χ0) is 14.7. The van der Waals surface area contributed by atoms with E-state index in [1.807, 2.05) is 27.7 Å². The quantitative estimate of drug-likeness (QED) is 0.836. The molecule has 0 aliphatic carbocycles. The molecule has 0 spiro atoms. The summed E-state index contributed by atoms with van der Waals surface area (Å²) in [6.45, 7) is 8.76. The maximum absolute atomic E-state index is 12.0. The Morgan fingerprint density at radius 1 is 1.26 bits per heavy atom. The fourth-order valence-electron chi connectivity index (χ4n) is 2.45. The number of likely N-dealkylation sites (tertiary alicyclic amines) is 1. The van der Waals surface area contributed by atoms with Crippen LogP contribution in [0.3, 0.4) is 0 Å². The molecule has 0 atom stereocenters. The van der Waals surface area contributed by atoms with E-state index in [1.54, 1.807) is 11.9 Å². The maximum Gasteiger partial charge on any atom is 0.410 e. The monoisotopic (exact) mass is 270 g/mol. The lowest BCUT2D eigenvalue weighted by Crippen LogP contribution is -2.50. The minimum Gasteiger partial charge on any atom is -0.444 e. The van der Waals surface area contributed by atoms with Gasteiger partial charge in [0.2, 0.25) is 5.91 Å². The van der Waals surface area contributed by atoms with Crippen molar-refractivity contribution in [2.24, 2.45) is 5.41 Å². The lowest BCUT2D eigenvalue weighted by Gasteiger charge is -2.40. The molecule has 5 heteroatoms. The minimum absolute atomic E-state index is 0.0823. The molecule has 19 heavy (non-hydrogen) atoms. The Bertz CT molecular complexity index is 339. The Balaban J connectivity index is 2.61. The summed E-state index contributed by atoms with van der Waals surface area (Å²) in [5, 5.41) is 2.74. The van der Waals surface area contributed by atoms with Crippen molar-refractivity contribution in [1.29, 1.82) is 0 Å². The van der Waals surface area contributed by atoms with Crippen molar-refractivity contribution in [2.45, 2.75) is 52.6 Å². The zero-order valence-corrected chi connectivity index (χ0v) is 12.7. The molecule has 1 rings (SSSR count). The highest BCUT2D eigenvalue weighted by molar-refractivity contribution is 5.82. The summed E-state index contributed by atoms with van der Waals surface area (Å²) >= 11 is 0. The van der Waals surface area contributed by atoms with Crippen molar-refractivity contribution in [3.8, 4) is 0 Å². The first-order valence-electron chi connectivity index (χ1n) is 6.94. The molecule has 0 unspecified atom stereocenters. The third-order valence-electron chi connectivity index (χ3n) is 3.76. The van der Waals surface area contributed by atoms with Crippen LogP contribution >= 0.6 is 0 Å². The third-order valence-corrected chi connectivity index (χ3v) is 3.76. The Labute approximate surface area is 115 Å². The van der Waals surface area contributed by atoms with Crippen LogP contribution in [0.15, 0.2) is 0 Å². The Kier molecular flexibility index (Phi) is 4.82. The number of hydrogen-bond acceptors (Lipinski definition) is 3. The van der Waals surface area contributed by atoms with Crippen LogP contribution in [0.5, 0.6) is 0 Å². The fraction of sp³-hybridized carbons (Fsp3) is 0.857. The number of carbonyl (C=O) groups excluding carboxylic acids is 2. The van der Waals surface area contributed by atoms with E-state index in [-0.39, 0.29) is 17.4 Å². The van der Waals surface area contributed by atoms with Gasteiger partial charge in [0.25, 0.3) is 0 Å². The normalized spacial score (nSPS) is 18.9. The van der Waals surface area contributed by atoms with E-state index < -0.39 is 5.60 Å². The number of piperidine rings is 1. The van der Waals surface area contributed by atoms with Gasteiger partial charge in [-0.15, -0.1) is 0 Å². The van der Waals surface area contributed by atoms with Gasteiger partial charge in [-0.25, -0.2) is 4.79 Å². The molecule has 1 N–H and O–H groups in total. The maximum atomic E-state index is 12.0.